The van der Waals surface area contributed by atoms with Crippen molar-refractivity contribution in [3.8, 4) is 5.75 Å². The number of thioether (sulfide) groups is 1. The molecule has 0 spiro atoms. The Kier molecular flexibility index (Phi) is 11.8. The Bertz CT molecular complexity index is 801. The van der Waals surface area contributed by atoms with E-state index in [9.17, 15) is 9.59 Å². The van der Waals surface area contributed by atoms with Gasteiger partial charge in [-0.05, 0) is 49.1 Å². The van der Waals surface area contributed by atoms with Crippen LogP contribution in [0.15, 0.2) is 53.4 Å². The summed E-state index contributed by atoms with van der Waals surface area (Å²) in [5, 5.41) is 0. The summed E-state index contributed by atoms with van der Waals surface area (Å²) in [6.07, 6.45) is 12.8. The largest absolute Gasteiger partial charge is 0.462 e. The summed E-state index contributed by atoms with van der Waals surface area (Å²) >= 11 is 1.61. The molecule has 0 unspecified atom stereocenters. The molecule has 0 heterocycles. The van der Waals surface area contributed by atoms with Gasteiger partial charge < -0.3 is 9.47 Å². The van der Waals surface area contributed by atoms with E-state index in [1.54, 1.807) is 48.2 Å². The molecule has 5 heteroatoms. The zero-order valence-corrected chi connectivity index (χ0v) is 19.5. The summed E-state index contributed by atoms with van der Waals surface area (Å²) in [6.45, 7) is 2.60. The highest BCUT2D eigenvalue weighted by Gasteiger charge is 2.19. The molecule has 0 aliphatic rings. The van der Waals surface area contributed by atoms with Gasteiger partial charge in [0, 0.05) is 4.90 Å². The lowest BCUT2D eigenvalue weighted by Crippen LogP contribution is -2.16. The Balaban J connectivity index is 1.77. The quantitative estimate of drug-likeness (QED) is 0.133. The first-order valence-corrected chi connectivity index (χ1v) is 12.5. The van der Waals surface area contributed by atoms with Crippen LogP contribution in [0.1, 0.15) is 85.4 Å². The molecule has 0 fully saturated rings. The Hall–Kier alpha value is -2.27. The predicted octanol–water partition coefficient (Wildman–Crippen LogP) is 7.32. The first kappa shape index (κ1) is 25.0. The molecule has 0 radical (unpaired) electrons. The maximum atomic E-state index is 12.6. The van der Waals surface area contributed by atoms with Crippen molar-refractivity contribution in [1.82, 2.24) is 0 Å². The molecule has 0 amide bonds. The van der Waals surface area contributed by atoms with Crippen LogP contribution in [0.25, 0.3) is 0 Å². The van der Waals surface area contributed by atoms with Gasteiger partial charge in [0.1, 0.15) is 5.75 Å². The minimum atomic E-state index is -0.562. The number of benzene rings is 2. The third-order valence-electron chi connectivity index (χ3n) is 5.12. The van der Waals surface area contributed by atoms with Gasteiger partial charge >= 0.3 is 11.9 Å². The summed E-state index contributed by atoms with van der Waals surface area (Å²) in [6, 6.07) is 13.9. The van der Waals surface area contributed by atoms with Gasteiger partial charge in [-0.2, -0.15) is 0 Å². The Morgan fingerprint density at radius 1 is 0.742 bits per heavy atom. The van der Waals surface area contributed by atoms with Crippen LogP contribution >= 0.6 is 11.8 Å². The van der Waals surface area contributed by atoms with E-state index >= 15 is 0 Å². The molecule has 31 heavy (non-hydrogen) atoms. The van der Waals surface area contributed by atoms with Crippen molar-refractivity contribution in [3.05, 3.63) is 59.7 Å². The lowest BCUT2D eigenvalue weighted by atomic mass is 10.1. The summed E-state index contributed by atoms with van der Waals surface area (Å²) in [4.78, 5) is 26.2. The van der Waals surface area contributed by atoms with Crippen LogP contribution in [-0.4, -0.2) is 24.8 Å². The maximum Gasteiger partial charge on any atom is 0.344 e. The van der Waals surface area contributed by atoms with Gasteiger partial charge in [-0.3, -0.25) is 0 Å². The van der Waals surface area contributed by atoms with E-state index < -0.39 is 11.9 Å². The molecule has 0 aliphatic heterocycles. The van der Waals surface area contributed by atoms with E-state index in [0.717, 1.165) is 17.7 Å². The molecule has 0 N–H and O–H groups in total. The smallest absolute Gasteiger partial charge is 0.344 e. The number of ether oxygens (including phenoxy) is 2. The van der Waals surface area contributed by atoms with Crippen molar-refractivity contribution in [2.24, 2.45) is 0 Å². The van der Waals surface area contributed by atoms with Gasteiger partial charge in [0.05, 0.1) is 17.7 Å². The van der Waals surface area contributed by atoms with Crippen LogP contribution in [0.2, 0.25) is 0 Å². The number of rotatable bonds is 14. The third-order valence-corrected chi connectivity index (χ3v) is 5.86. The summed E-state index contributed by atoms with van der Waals surface area (Å²) in [7, 11) is 0. The average molecular weight is 443 g/mol. The van der Waals surface area contributed by atoms with Gasteiger partial charge in [-0.1, -0.05) is 70.4 Å². The lowest BCUT2D eigenvalue weighted by Gasteiger charge is -2.10. The zero-order valence-electron chi connectivity index (χ0n) is 18.7. The van der Waals surface area contributed by atoms with E-state index in [1.165, 1.54) is 44.9 Å². The van der Waals surface area contributed by atoms with Crippen LogP contribution in [0, 0.1) is 0 Å². The SMILES string of the molecule is CCCCCCCCCCCOC(=O)c1ccccc1C(=O)Oc1ccc(SC)cc1. The van der Waals surface area contributed by atoms with Gasteiger partial charge in [-0.25, -0.2) is 9.59 Å². The highest BCUT2D eigenvalue weighted by molar-refractivity contribution is 7.98. The lowest BCUT2D eigenvalue weighted by molar-refractivity contribution is 0.0489. The fraction of sp³-hybridized carbons (Fsp3) is 0.462. The molecule has 0 aromatic heterocycles. The van der Waals surface area contributed by atoms with Crippen LogP contribution in [0.5, 0.6) is 5.75 Å². The van der Waals surface area contributed by atoms with E-state index in [2.05, 4.69) is 6.92 Å². The first-order chi connectivity index (χ1) is 15.2. The fourth-order valence-corrected chi connectivity index (χ4v) is 3.71. The van der Waals surface area contributed by atoms with Crippen LogP contribution in [0.4, 0.5) is 0 Å². The number of unbranched alkanes of at least 4 members (excludes halogenated alkanes) is 8. The topological polar surface area (TPSA) is 52.6 Å². The average Bonchev–Trinajstić information content (AvgIpc) is 2.80. The minimum Gasteiger partial charge on any atom is -0.462 e. The predicted molar refractivity (Wildman–Crippen MR) is 127 cm³/mol. The fourth-order valence-electron chi connectivity index (χ4n) is 3.30. The zero-order chi connectivity index (χ0) is 22.3. The van der Waals surface area contributed by atoms with E-state index in [1.807, 2.05) is 18.4 Å². The van der Waals surface area contributed by atoms with E-state index in [-0.39, 0.29) is 11.1 Å². The molecule has 168 valence electrons. The molecular weight excluding hydrogens is 408 g/mol. The Morgan fingerprint density at radius 2 is 1.29 bits per heavy atom. The molecule has 0 aliphatic carbocycles. The number of carbonyl (C=O) groups excluding carboxylic acids is 2. The van der Waals surface area contributed by atoms with Gasteiger partial charge in [0.2, 0.25) is 0 Å². The highest BCUT2D eigenvalue weighted by atomic mass is 32.2. The standard InChI is InChI=1S/C26H34O4S/c1-3-4-5-6-7-8-9-10-13-20-29-25(27)23-14-11-12-15-24(23)26(28)30-21-16-18-22(31-2)19-17-21/h11-12,14-19H,3-10,13,20H2,1-2H3. The number of carbonyl (C=O) groups is 2. The van der Waals surface area contributed by atoms with Crippen LogP contribution < -0.4 is 4.74 Å². The van der Waals surface area contributed by atoms with Crippen LogP contribution in [-0.2, 0) is 4.74 Å². The normalized spacial score (nSPS) is 10.6. The molecule has 0 saturated heterocycles. The van der Waals surface area contributed by atoms with Crippen molar-refractivity contribution in [3.63, 3.8) is 0 Å². The number of esters is 2. The first-order valence-electron chi connectivity index (χ1n) is 11.3. The third kappa shape index (κ3) is 9.18. The number of hydrogen-bond acceptors (Lipinski definition) is 5. The van der Waals surface area contributed by atoms with E-state index in [0.29, 0.717) is 12.4 Å². The van der Waals surface area contributed by atoms with Gasteiger partial charge in [0.15, 0.2) is 0 Å². The van der Waals surface area contributed by atoms with Gasteiger partial charge in [-0.15, -0.1) is 11.8 Å². The van der Waals surface area contributed by atoms with Crippen LogP contribution in [0.3, 0.4) is 0 Å². The van der Waals surface area contributed by atoms with Gasteiger partial charge in [0.25, 0.3) is 0 Å². The molecule has 4 nitrogen and oxygen atoms in total. The van der Waals surface area contributed by atoms with Crippen molar-refractivity contribution in [2.75, 3.05) is 12.9 Å². The molecule has 2 aromatic carbocycles. The maximum absolute atomic E-state index is 12.6. The second kappa shape index (κ2) is 14.7. The van der Waals surface area contributed by atoms with Crippen molar-refractivity contribution in [2.45, 2.75) is 69.6 Å². The molecular formula is C26H34O4S. The van der Waals surface area contributed by atoms with E-state index in [4.69, 9.17) is 9.47 Å². The van der Waals surface area contributed by atoms with Crippen molar-refractivity contribution >= 4 is 23.7 Å². The number of hydrogen-bond donors (Lipinski definition) is 0. The second-order valence-corrected chi connectivity index (χ2v) is 8.45. The monoisotopic (exact) mass is 442 g/mol. The molecule has 2 rings (SSSR count). The second-order valence-electron chi connectivity index (χ2n) is 7.57. The summed E-state index contributed by atoms with van der Waals surface area (Å²) in [5.74, 6) is -0.599. The summed E-state index contributed by atoms with van der Waals surface area (Å²) in [5.41, 5.74) is 0.456. The molecule has 0 atom stereocenters. The van der Waals surface area contributed by atoms with Crippen molar-refractivity contribution < 1.29 is 19.1 Å². The molecule has 0 saturated carbocycles. The van der Waals surface area contributed by atoms with Crippen molar-refractivity contribution in [1.29, 1.82) is 0 Å². The summed E-state index contributed by atoms with van der Waals surface area (Å²) < 4.78 is 10.8. The Morgan fingerprint density at radius 3 is 1.87 bits per heavy atom. The highest BCUT2D eigenvalue weighted by Crippen LogP contribution is 2.21. The minimum absolute atomic E-state index is 0.216. The Labute approximate surface area is 190 Å². The molecule has 0 bridgehead atoms. The molecule has 2 aromatic rings.